The first-order chi connectivity index (χ1) is 12.1. The third kappa shape index (κ3) is 3.19. The van der Waals surface area contributed by atoms with Crippen molar-refractivity contribution in [2.45, 2.75) is 44.7 Å². The highest BCUT2D eigenvalue weighted by molar-refractivity contribution is 5.93. The van der Waals surface area contributed by atoms with E-state index in [-0.39, 0.29) is 11.8 Å². The molecule has 0 radical (unpaired) electrons. The Morgan fingerprint density at radius 2 is 2.04 bits per heavy atom. The third-order valence-electron chi connectivity index (χ3n) is 6.11. The molecule has 3 atom stereocenters. The van der Waals surface area contributed by atoms with E-state index in [0.717, 1.165) is 39.0 Å². The van der Waals surface area contributed by atoms with Gasteiger partial charge in [-0.15, -0.1) is 0 Å². The number of piperidine rings is 1. The van der Waals surface area contributed by atoms with Crippen molar-refractivity contribution in [2.24, 2.45) is 5.92 Å². The summed E-state index contributed by atoms with van der Waals surface area (Å²) < 4.78 is 5.05. The van der Waals surface area contributed by atoms with Gasteiger partial charge in [-0.3, -0.25) is 9.59 Å². The zero-order valence-electron chi connectivity index (χ0n) is 14.9. The molecule has 2 amide bonds. The second kappa shape index (κ2) is 6.83. The van der Waals surface area contributed by atoms with Crippen LogP contribution in [0.2, 0.25) is 0 Å². The van der Waals surface area contributed by atoms with E-state index in [4.69, 9.17) is 4.42 Å². The smallest absolute Gasteiger partial charge is 0.257 e. The lowest BCUT2D eigenvalue weighted by molar-refractivity contribution is -0.132. The van der Waals surface area contributed by atoms with Crippen LogP contribution in [0.25, 0.3) is 0 Å². The summed E-state index contributed by atoms with van der Waals surface area (Å²) in [6, 6.07) is 2.31. The molecular formula is C19H27N3O3. The second-order valence-corrected chi connectivity index (χ2v) is 7.70. The van der Waals surface area contributed by atoms with E-state index in [2.05, 4.69) is 9.80 Å². The quantitative estimate of drug-likeness (QED) is 0.839. The summed E-state index contributed by atoms with van der Waals surface area (Å²) >= 11 is 0. The molecule has 6 nitrogen and oxygen atoms in total. The molecule has 25 heavy (non-hydrogen) atoms. The summed E-state index contributed by atoms with van der Waals surface area (Å²) in [4.78, 5) is 31.5. The van der Waals surface area contributed by atoms with Crippen LogP contribution in [0.15, 0.2) is 23.0 Å². The van der Waals surface area contributed by atoms with Crippen LogP contribution in [0.3, 0.4) is 0 Å². The number of furan rings is 1. The van der Waals surface area contributed by atoms with Crippen LogP contribution in [-0.4, -0.2) is 71.3 Å². The van der Waals surface area contributed by atoms with Gasteiger partial charge in [0.15, 0.2) is 0 Å². The molecule has 0 saturated carbocycles. The predicted octanol–water partition coefficient (Wildman–Crippen LogP) is 1.83. The lowest BCUT2D eigenvalue weighted by atomic mass is 9.91. The fourth-order valence-electron chi connectivity index (χ4n) is 5.02. The average molecular weight is 345 g/mol. The van der Waals surface area contributed by atoms with Gasteiger partial charge in [-0.2, -0.15) is 0 Å². The van der Waals surface area contributed by atoms with E-state index in [0.29, 0.717) is 30.1 Å². The molecule has 3 aliphatic rings. The molecule has 0 unspecified atom stereocenters. The van der Waals surface area contributed by atoms with Gasteiger partial charge in [0, 0.05) is 38.6 Å². The number of carbonyl (C=O) groups excluding carboxylic acids is 2. The van der Waals surface area contributed by atoms with E-state index in [9.17, 15) is 9.59 Å². The van der Waals surface area contributed by atoms with Crippen LogP contribution in [0.1, 0.15) is 43.0 Å². The number of hydrogen-bond donors (Lipinski definition) is 0. The summed E-state index contributed by atoms with van der Waals surface area (Å²) in [5, 5.41) is 0. The van der Waals surface area contributed by atoms with E-state index < -0.39 is 0 Å². The van der Waals surface area contributed by atoms with E-state index >= 15 is 0 Å². The first-order valence-electron chi connectivity index (χ1n) is 9.46. The molecule has 136 valence electrons. The van der Waals surface area contributed by atoms with Crippen molar-refractivity contribution in [3.8, 4) is 0 Å². The van der Waals surface area contributed by atoms with Crippen molar-refractivity contribution in [3.63, 3.8) is 0 Å². The van der Waals surface area contributed by atoms with Gasteiger partial charge in [0.1, 0.15) is 6.26 Å². The van der Waals surface area contributed by atoms with Gasteiger partial charge < -0.3 is 19.1 Å². The van der Waals surface area contributed by atoms with Gasteiger partial charge in [-0.05, 0) is 50.8 Å². The van der Waals surface area contributed by atoms with Crippen LogP contribution < -0.4 is 0 Å². The Kier molecular flexibility index (Phi) is 4.54. The highest BCUT2D eigenvalue weighted by Crippen LogP contribution is 2.36. The number of fused-ring (bicyclic) bond motifs is 1. The van der Waals surface area contributed by atoms with Crippen LogP contribution in [0.4, 0.5) is 0 Å². The van der Waals surface area contributed by atoms with Crippen LogP contribution in [-0.2, 0) is 4.79 Å². The Morgan fingerprint density at radius 1 is 1.24 bits per heavy atom. The highest BCUT2D eigenvalue weighted by Gasteiger charge is 2.46. The van der Waals surface area contributed by atoms with E-state index in [1.54, 1.807) is 19.3 Å². The Morgan fingerprint density at radius 3 is 2.72 bits per heavy atom. The minimum Gasteiger partial charge on any atom is -0.472 e. The molecule has 3 saturated heterocycles. The van der Waals surface area contributed by atoms with E-state index in [1.165, 1.54) is 19.1 Å². The van der Waals surface area contributed by atoms with Gasteiger partial charge in [-0.1, -0.05) is 0 Å². The maximum atomic E-state index is 12.6. The minimum atomic E-state index is 0.0459. The Bertz CT molecular complexity index is 624. The summed E-state index contributed by atoms with van der Waals surface area (Å²) in [6.07, 6.45) is 7.49. The molecule has 3 aliphatic heterocycles. The molecule has 4 heterocycles. The molecule has 0 aromatic carbocycles. The Labute approximate surface area is 148 Å². The Balaban J connectivity index is 1.45. The van der Waals surface area contributed by atoms with Crippen molar-refractivity contribution in [3.05, 3.63) is 24.2 Å². The zero-order valence-corrected chi connectivity index (χ0v) is 14.9. The number of amides is 2. The van der Waals surface area contributed by atoms with Crippen molar-refractivity contribution in [1.82, 2.24) is 14.7 Å². The normalized spacial score (nSPS) is 29.9. The van der Waals surface area contributed by atoms with Crippen LogP contribution >= 0.6 is 0 Å². The molecule has 0 bridgehead atoms. The number of carbonyl (C=O) groups is 2. The highest BCUT2D eigenvalue weighted by atomic mass is 16.3. The monoisotopic (exact) mass is 345 g/mol. The second-order valence-electron chi connectivity index (χ2n) is 7.70. The number of nitrogens with zero attached hydrogens (tertiary/aromatic N) is 3. The van der Waals surface area contributed by atoms with Gasteiger partial charge in [0.05, 0.1) is 11.8 Å². The number of hydrogen-bond acceptors (Lipinski definition) is 4. The van der Waals surface area contributed by atoms with Gasteiger partial charge in [0.2, 0.25) is 5.91 Å². The Hall–Kier alpha value is -1.82. The molecular weight excluding hydrogens is 318 g/mol. The van der Waals surface area contributed by atoms with Crippen molar-refractivity contribution < 1.29 is 14.0 Å². The topological polar surface area (TPSA) is 57.0 Å². The zero-order chi connectivity index (χ0) is 17.4. The molecule has 4 rings (SSSR count). The molecule has 6 heteroatoms. The largest absolute Gasteiger partial charge is 0.472 e. The fourth-order valence-corrected chi connectivity index (χ4v) is 5.02. The maximum Gasteiger partial charge on any atom is 0.257 e. The first kappa shape index (κ1) is 16.6. The standard InChI is InChI=1S/C19H27N3O3/c1-14(23)22-17(12-20-6-2-3-7-20)10-16-11-21(8-4-18(16)22)19(24)15-5-9-25-13-15/h5,9,13,16-18H,2-4,6-8,10-12H2,1H3/t16-,17-,18+/m1/s1. The maximum absolute atomic E-state index is 12.6. The van der Waals surface area contributed by atoms with E-state index in [1.807, 2.05) is 4.90 Å². The predicted molar refractivity (Wildman–Crippen MR) is 93.1 cm³/mol. The summed E-state index contributed by atoms with van der Waals surface area (Å²) in [7, 11) is 0. The van der Waals surface area contributed by atoms with Crippen molar-refractivity contribution in [2.75, 3.05) is 32.7 Å². The lowest BCUT2D eigenvalue weighted by Gasteiger charge is -2.38. The molecule has 0 spiro atoms. The molecule has 0 aliphatic carbocycles. The number of likely N-dealkylation sites (tertiary alicyclic amines) is 3. The molecule has 0 N–H and O–H groups in total. The third-order valence-corrected chi connectivity index (χ3v) is 6.11. The average Bonchev–Trinajstić information content (AvgIpc) is 3.34. The summed E-state index contributed by atoms with van der Waals surface area (Å²) in [5.41, 5.74) is 0.619. The molecule has 1 aromatic heterocycles. The number of rotatable bonds is 3. The van der Waals surface area contributed by atoms with Gasteiger partial charge in [-0.25, -0.2) is 0 Å². The van der Waals surface area contributed by atoms with Crippen LogP contribution in [0.5, 0.6) is 0 Å². The molecule has 1 aromatic rings. The van der Waals surface area contributed by atoms with Crippen molar-refractivity contribution >= 4 is 11.8 Å². The van der Waals surface area contributed by atoms with Crippen LogP contribution in [0, 0.1) is 5.92 Å². The first-order valence-corrected chi connectivity index (χ1v) is 9.46. The summed E-state index contributed by atoms with van der Waals surface area (Å²) in [5.74, 6) is 0.622. The lowest BCUT2D eigenvalue weighted by Crippen LogP contribution is -2.51. The minimum absolute atomic E-state index is 0.0459. The SMILES string of the molecule is CC(=O)N1[C@@H](CN2CCCC2)C[C@@H]2CN(C(=O)c3ccoc3)CC[C@@H]21. The van der Waals surface area contributed by atoms with Gasteiger partial charge >= 0.3 is 0 Å². The van der Waals surface area contributed by atoms with Gasteiger partial charge in [0.25, 0.3) is 5.91 Å². The molecule has 3 fully saturated rings. The van der Waals surface area contributed by atoms with Crippen molar-refractivity contribution in [1.29, 1.82) is 0 Å². The summed E-state index contributed by atoms with van der Waals surface area (Å²) in [6.45, 7) is 6.45. The fraction of sp³-hybridized carbons (Fsp3) is 0.684.